The average molecular weight is 363 g/mol. The van der Waals surface area contributed by atoms with E-state index in [9.17, 15) is 0 Å². The van der Waals surface area contributed by atoms with Gasteiger partial charge in [0, 0.05) is 21.8 Å². The van der Waals surface area contributed by atoms with Crippen LogP contribution in [0.15, 0.2) is 23.0 Å². The predicted octanol–water partition coefficient (Wildman–Crippen LogP) is 5.77. The minimum absolute atomic E-state index is 0.336. The van der Waals surface area contributed by atoms with Crippen LogP contribution in [0.3, 0.4) is 0 Å². The van der Waals surface area contributed by atoms with Crippen LogP contribution in [0.25, 0.3) is 20.5 Å². The molecule has 0 atom stereocenters. The Morgan fingerprint density at radius 2 is 1.62 bits per heavy atom. The van der Waals surface area contributed by atoms with Gasteiger partial charge in [0.2, 0.25) is 5.88 Å². The van der Waals surface area contributed by atoms with E-state index in [-0.39, 0.29) is 11.2 Å². The molecular formula is C18H22N2O2S2. The summed E-state index contributed by atoms with van der Waals surface area (Å²) >= 11 is 3.45. The molecule has 6 heteroatoms. The summed E-state index contributed by atoms with van der Waals surface area (Å²) in [5.41, 5.74) is 1.31. The van der Waals surface area contributed by atoms with E-state index in [0.29, 0.717) is 11.9 Å². The molecule has 0 aliphatic rings. The normalized spacial score (nSPS) is 12.6. The van der Waals surface area contributed by atoms with Crippen molar-refractivity contribution in [1.82, 2.24) is 9.97 Å². The molecule has 0 radical (unpaired) electrons. The lowest BCUT2D eigenvalue weighted by Crippen LogP contribution is -2.26. The molecule has 3 rings (SSSR count). The monoisotopic (exact) mass is 362 g/mol. The number of fused-ring (bicyclic) bond motifs is 1. The summed E-state index contributed by atoms with van der Waals surface area (Å²) in [5.74, 6) is 0.560. The first-order chi connectivity index (χ1) is 11.1. The molecule has 3 aromatic rings. The molecule has 128 valence electrons. The van der Waals surface area contributed by atoms with Crippen molar-refractivity contribution in [2.24, 2.45) is 0 Å². The second-order valence-electron chi connectivity index (χ2n) is 7.56. The van der Waals surface area contributed by atoms with Crippen LogP contribution in [0, 0.1) is 0 Å². The van der Waals surface area contributed by atoms with Gasteiger partial charge in [-0.25, -0.2) is 4.98 Å². The number of thiophene rings is 2. The third kappa shape index (κ3) is 3.87. The van der Waals surface area contributed by atoms with Crippen molar-refractivity contribution >= 4 is 32.1 Å². The number of ether oxygens (including phenoxy) is 2. The first kappa shape index (κ1) is 17.2. The fourth-order valence-electron chi connectivity index (χ4n) is 2.17. The molecule has 0 aliphatic carbocycles. The second-order valence-corrected chi connectivity index (χ2v) is 9.39. The molecule has 24 heavy (non-hydrogen) atoms. The van der Waals surface area contributed by atoms with Gasteiger partial charge in [-0.1, -0.05) is 0 Å². The molecule has 0 N–H and O–H groups in total. The lowest BCUT2D eigenvalue weighted by molar-refractivity contribution is 0.103. The van der Waals surface area contributed by atoms with Gasteiger partial charge in [0.15, 0.2) is 0 Å². The Morgan fingerprint density at radius 1 is 0.917 bits per heavy atom. The van der Waals surface area contributed by atoms with E-state index in [4.69, 9.17) is 9.47 Å². The third-order valence-corrected chi connectivity index (χ3v) is 5.02. The van der Waals surface area contributed by atoms with E-state index < -0.39 is 0 Å². The van der Waals surface area contributed by atoms with Crippen molar-refractivity contribution in [3.63, 3.8) is 0 Å². The Hall–Kier alpha value is -1.66. The van der Waals surface area contributed by atoms with E-state index in [0.717, 1.165) is 11.1 Å². The molecule has 0 aliphatic heterocycles. The number of hydrogen-bond donors (Lipinski definition) is 0. The predicted molar refractivity (Wildman–Crippen MR) is 101 cm³/mol. The molecule has 0 bridgehead atoms. The zero-order valence-electron chi connectivity index (χ0n) is 14.8. The third-order valence-electron chi connectivity index (χ3n) is 3.00. The Bertz CT molecular complexity index is 854. The standard InChI is InChI=1S/C18H22N2O2S2/c1-17(2,3)21-15-11(9-19-16(20-15)22-18(4,5)6)12-10-24-13-7-8-23-14(12)13/h7-10H,1-6H3. The molecule has 0 saturated heterocycles. The number of rotatable bonds is 3. The Balaban J connectivity index is 2.09. The molecular weight excluding hydrogens is 340 g/mol. The van der Waals surface area contributed by atoms with Crippen LogP contribution in [0.5, 0.6) is 11.9 Å². The Kier molecular flexibility index (Phi) is 4.30. The smallest absolute Gasteiger partial charge is 0.320 e. The fourth-order valence-corrected chi connectivity index (χ4v) is 4.30. The zero-order chi connectivity index (χ0) is 17.5. The van der Waals surface area contributed by atoms with Crippen LogP contribution >= 0.6 is 22.7 Å². The SMILES string of the molecule is CC(C)(C)Oc1ncc(-c2csc3ccsc23)c(OC(C)(C)C)n1. The van der Waals surface area contributed by atoms with Crippen molar-refractivity contribution in [2.75, 3.05) is 0 Å². The van der Waals surface area contributed by atoms with Gasteiger partial charge in [0.05, 0.1) is 10.3 Å². The first-order valence-electron chi connectivity index (χ1n) is 7.82. The van der Waals surface area contributed by atoms with E-state index in [2.05, 4.69) is 26.8 Å². The maximum Gasteiger partial charge on any atom is 0.320 e. The Labute approximate surface area is 150 Å². The van der Waals surface area contributed by atoms with Gasteiger partial charge in [-0.3, -0.25) is 0 Å². The number of nitrogens with zero attached hydrogens (tertiary/aromatic N) is 2. The summed E-state index contributed by atoms with van der Waals surface area (Å²) < 4.78 is 14.4. The van der Waals surface area contributed by atoms with Gasteiger partial charge >= 0.3 is 6.01 Å². The van der Waals surface area contributed by atoms with E-state index >= 15 is 0 Å². The molecule has 0 saturated carbocycles. The van der Waals surface area contributed by atoms with E-state index in [1.165, 1.54) is 9.40 Å². The Morgan fingerprint density at radius 3 is 2.29 bits per heavy atom. The fraction of sp³-hybridized carbons (Fsp3) is 0.444. The van der Waals surface area contributed by atoms with Crippen molar-refractivity contribution in [2.45, 2.75) is 52.7 Å². The second kappa shape index (κ2) is 6.01. The number of hydrogen-bond acceptors (Lipinski definition) is 6. The maximum absolute atomic E-state index is 6.12. The molecule has 3 aromatic heterocycles. The van der Waals surface area contributed by atoms with Crippen LogP contribution in [0.4, 0.5) is 0 Å². The molecule has 0 aromatic carbocycles. The highest BCUT2D eigenvalue weighted by Crippen LogP contribution is 2.41. The van der Waals surface area contributed by atoms with Gasteiger partial charge in [0.25, 0.3) is 0 Å². The summed E-state index contributed by atoms with van der Waals surface area (Å²) in [6, 6.07) is 2.47. The van der Waals surface area contributed by atoms with E-state index in [1.807, 2.05) is 41.5 Å². The van der Waals surface area contributed by atoms with Gasteiger partial charge in [-0.05, 0) is 53.0 Å². The quantitative estimate of drug-likeness (QED) is 0.593. The lowest BCUT2D eigenvalue weighted by atomic mass is 10.1. The lowest BCUT2D eigenvalue weighted by Gasteiger charge is -2.24. The van der Waals surface area contributed by atoms with Crippen LogP contribution < -0.4 is 9.47 Å². The van der Waals surface area contributed by atoms with Crippen LogP contribution in [-0.4, -0.2) is 21.2 Å². The minimum Gasteiger partial charge on any atom is -0.471 e. The summed E-state index contributed by atoms with van der Waals surface area (Å²) in [5, 5.41) is 4.24. The summed E-state index contributed by atoms with van der Waals surface area (Å²) in [6.45, 7) is 12.0. The highest BCUT2D eigenvalue weighted by Gasteiger charge is 2.22. The summed E-state index contributed by atoms with van der Waals surface area (Å²) in [6.07, 6.45) is 1.80. The van der Waals surface area contributed by atoms with Crippen molar-refractivity contribution in [3.8, 4) is 23.0 Å². The highest BCUT2D eigenvalue weighted by molar-refractivity contribution is 7.26. The molecule has 3 heterocycles. The van der Waals surface area contributed by atoms with Crippen LogP contribution in [0.2, 0.25) is 0 Å². The minimum atomic E-state index is -0.357. The molecule has 4 nitrogen and oxygen atoms in total. The van der Waals surface area contributed by atoms with Crippen molar-refractivity contribution in [3.05, 3.63) is 23.0 Å². The number of aromatic nitrogens is 2. The first-order valence-corrected chi connectivity index (χ1v) is 9.58. The maximum atomic E-state index is 6.12. The summed E-state index contributed by atoms with van der Waals surface area (Å²) in [7, 11) is 0. The molecule has 0 unspecified atom stereocenters. The summed E-state index contributed by atoms with van der Waals surface area (Å²) in [4.78, 5) is 8.94. The van der Waals surface area contributed by atoms with E-state index in [1.54, 1.807) is 28.9 Å². The molecule has 0 spiro atoms. The van der Waals surface area contributed by atoms with Gasteiger partial charge in [0.1, 0.15) is 11.2 Å². The molecule has 0 fully saturated rings. The highest BCUT2D eigenvalue weighted by atomic mass is 32.1. The van der Waals surface area contributed by atoms with Gasteiger partial charge in [-0.2, -0.15) is 4.98 Å². The van der Waals surface area contributed by atoms with Crippen molar-refractivity contribution in [1.29, 1.82) is 0 Å². The van der Waals surface area contributed by atoms with Gasteiger partial charge in [-0.15, -0.1) is 22.7 Å². The zero-order valence-corrected chi connectivity index (χ0v) is 16.5. The topological polar surface area (TPSA) is 44.2 Å². The van der Waals surface area contributed by atoms with Gasteiger partial charge < -0.3 is 9.47 Å². The molecule has 0 amide bonds. The van der Waals surface area contributed by atoms with Crippen molar-refractivity contribution < 1.29 is 9.47 Å². The van der Waals surface area contributed by atoms with Crippen LogP contribution in [0.1, 0.15) is 41.5 Å². The average Bonchev–Trinajstić information content (AvgIpc) is 2.98. The van der Waals surface area contributed by atoms with Crippen LogP contribution in [-0.2, 0) is 0 Å². The largest absolute Gasteiger partial charge is 0.471 e.